The van der Waals surface area contributed by atoms with Crippen LogP contribution in [0.15, 0.2) is 30.3 Å². The van der Waals surface area contributed by atoms with Crippen molar-refractivity contribution in [3.05, 3.63) is 35.9 Å². The van der Waals surface area contributed by atoms with Crippen molar-refractivity contribution in [1.82, 2.24) is 0 Å². The quantitative estimate of drug-likeness (QED) is 0.490. The molecule has 46 valence electrons. The molecular weight excluding hydrogens is 127 g/mol. The van der Waals surface area contributed by atoms with E-state index >= 15 is 0 Å². The number of hydrogen-bond acceptors (Lipinski definition) is 1. The van der Waals surface area contributed by atoms with Gasteiger partial charge in [0, 0.05) is 0 Å². The molecule has 0 atom stereocenters. The van der Waals surface area contributed by atoms with Crippen LogP contribution in [0.25, 0.3) is 0 Å². The Hall–Kier alpha value is -0.448. The zero-order chi connectivity index (χ0) is 7.11. The Balaban J connectivity index is 0.000000291. The van der Waals surface area contributed by atoms with Crippen molar-refractivity contribution in [2.45, 2.75) is 6.92 Å². The van der Waals surface area contributed by atoms with Gasteiger partial charge in [0.05, 0.1) is 0 Å². The van der Waals surface area contributed by atoms with Gasteiger partial charge in [-0.2, -0.15) is 0 Å². The second-order valence-electron chi connectivity index (χ2n) is 1.65. The van der Waals surface area contributed by atoms with E-state index in [1.54, 1.807) is 0 Å². The normalized spacial score (nSPS) is 7.11. The molecule has 0 aliphatic carbocycles. The van der Waals surface area contributed by atoms with Gasteiger partial charge in [0.15, 0.2) is 0 Å². The minimum atomic E-state index is 0.611. The van der Waals surface area contributed by atoms with Gasteiger partial charge in [0.1, 0.15) is 0 Å². The van der Waals surface area contributed by atoms with Gasteiger partial charge in [-0.05, 0) is 6.92 Å². The van der Waals surface area contributed by atoms with E-state index in [1.807, 2.05) is 18.2 Å². The first-order valence-corrected chi connectivity index (χ1v) is 3.28. The van der Waals surface area contributed by atoms with Gasteiger partial charge in [-0.1, -0.05) is 35.9 Å². The number of aryl methyl sites for hydroxylation is 1. The fraction of sp³-hybridized carbons (Fsp3) is 0.143. The van der Waals surface area contributed by atoms with Gasteiger partial charge in [-0.15, -0.1) is 0 Å². The summed E-state index contributed by atoms with van der Waals surface area (Å²) in [6, 6.07) is 10.3. The summed E-state index contributed by atoms with van der Waals surface area (Å²) in [5.41, 5.74) is 1.32. The standard InChI is InChI=1S/C7H8.Al.O.H/c1-7-5-3-2-4-6-7;;;/h2-6H,1H3;;;. The summed E-state index contributed by atoms with van der Waals surface area (Å²) in [4.78, 5) is 0. The maximum absolute atomic E-state index is 8.28. The van der Waals surface area contributed by atoms with Crippen LogP contribution in [0.4, 0.5) is 0 Å². The first kappa shape index (κ1) is 8.55. The van der Waals surface area contributed by atoms with Gasteiger partial charge in [-0.3, -0.25) is 0 Å². The molecule has 0 radical (unpaired) electrons. The van der Waals surface area contributed by atoms with E-state index in [1.165, 1.54) is 5.56 Å². The second-order valence-corrected chi connectivity index (χ2v) is 1.65. The van der Waals surface area contributed by atoms with Crippen molar-refractivity contribution in [1.29, 1.82) is 0 Å². The first-order valence-electron chi connectivity index (χ1n) is 2.70. The van der Waals surface area contributed by atoms with Crippen LogP contribution in [-0.4, -0.2) is 16.2 Å². The Kier molecular flexibility index (Phi) is 5.40. The molecule has 0 saturated carbocycles. The maximum atomic E-state index is 8.28. The Bertz CT molecular complexity index is 150. The zero-order valence-electron chi connectivity index (χ0n) is 5.50. The zero-order valence-corrected chi connectivity index (χ0v) is 6.92. The molecule has 0 aliphatic rings. The Morgan fingerprint density at radius 2 is 1.56 bits per heavy atom. The van der Waals surface area contributed by atoms with Crippen molar-refractivity contribution in [3.63, 3.8) is 0 Å². The van der Waals surface area contributed by atoms with Crippen LogP contribution in [0.3, 0.4) is 0 Å². The Morgan fingerprint density at radius 3 is 1.78 bits per heavy atom. The van der Waals surface area contributed by atoms with Crippen LogP contribution in [0, 0.1) is 6.92 Å². The average molecular weight is 136 g/mol. The molecule has 0 unspecified atom stereocenters. The Morgan fingerprint density at radius 1 is 1.11 bits per heavy atom. The van der Waals surface area contributed by atoms with Gasteiger partial charge >= 0.3 is 20.0 Å². The molecule has 2 heteroatoms. The van der Waals surface area contributed by atoms with Gasteiger partial charge in [-0.25, -0.2) is 0 Å². The molecule has 0 saturated heterocycles. The van der Waals surface area contributed by atoms with Crippen LogP contribution in [0.1, 0.15) is 5.56 Å². The van der Waals surface area contributed by atoms with Crippen LogP contribution >= 0.6 is 0 Å². The van der Waals surface area contributed by atoms with Gasteiger partial charge in [0.2, 0.25) is 0 Å². The predicted octanol–water partition coefficient (Wildman–Crippen LogP) is 1.23. The summed E-state index contributed by atoms with van der Waals surface area (Å²) in [7, 11) is 0. The van der Waals surface area contributed by atoms with Crippen LogP contribution in [-0.2, 0) is 3.80 Å². The number of rotatable bonds is 0. The fourth-order valence-electron chi connectivity index (χ4n) is 0.534. The molecular formula is C7H9AlO. The van der Waals surface area contributed by atoms with E-state index in [2.05, 4.69) is 19.1 Å². The molecule has 9 heavy (non-hydrogen) atoms. The van der Waals surface area contributed by atoms with E-state index in [9.17, 15) is 0 Å². The third-order valence-electron chi connectivity index (χ3n) is 0.940. The third-order valence-corrected chi connectivity index (χ3v) is 0.940. The molecule has 1 aromatic rings. The fourth-order valence-corrected chi connectivity index (χ4v) is 0.534. The van der Waals surface area contributed by atoms with Crippen molar-refractivity contribution < 1.29 is 3.80 Å². The monoisotopic (exact) mass is 136 g/mol. The number of benzene rings is 1. The van der Waals surface area contributed by atoms with Crippen LogP contribution < -0.4 is 0 Å². The SMILES string of the molecule is Cc1ccccc1.[O]=[AlH]. The van der Waals surface area contributed by atoms with E-state index in [-0.39, 0.29) is 0 Å². The molecule has 0 spiro atoms. The van der Waals surface area contributed by atoms with Crippen molar-refractivity contribution in [2.75, 3.05) is 0 Å². The molecule has 1 rings (SSSR count). The summed E-state index contributed by atoms with van der Waals surface area (Å²) >= 11 is 0.611. The molecule has 0 amide bonds. The summed E-state index contributed by atoms with van der Waals surface area (Å²) < 4.78 is 8.28. The van der Waals surface area contributed by atoms with E-state index < -0.39 is 0 Å². The molecule has 1 nitrogen and oxygen atoms in total. The molecule has 1 aromatic carbocycles. The molecule has 0 bridgehead atoms. The van der Waals surface area contributed by atoms with Crippen molar-refractivity contribution in [3.8, 4) is 0 Å². The average Bonchev–Trinajstić information content (AvgIpc) is 1.94. The summed E-state index contributed by atoms with van der Waals surface area (Å²) in [5, 5.41) is 0. The van der Waals surface area contributed by atoms with E-state index in [0.29, 0.717) is 16.2 Å². The minimum absolute atomic E-state index is 0.611. The molecule has 0 heterocycles. The van der Waals surface area contributed by atoms with Crippen LogP contribution in [0.5, 0.6) is 0 Å². The first-order chi connectivity index (χ1) is 4.39. The van der Waals surface area contributed by atoms with Crippen LogP contribution in [0.2, 0.25) is 0 Å². The third kappa shape index (κ3) is 4.08. The van der Waals surface area contributed by atoms with Gasteiger partial charge in [0.25, 0.3) is 0 Å². The summed E-state index contributed by atoms with van der Waals surface area (Å²) in [5.74, 6) is 0. The molecule has 0 fully saturated rings. The topological polar surface area (TPSA) is 17.1 Å². The molecule has 0 N–H and O–H groups in total. The van der Waals surface area contributed by atoms with Gasteiger partial charge < -0.3 is 0 Å². The van der Waals surface area contributed by atoms with Crippen molar-refractivity contribution in [2.24, 2.45) is 0 Å². The van der Waals surface area contributed by atoms with E-state index in [0.717, 1.165) is 0 Å². The van der Waals surface area contributed by atoms with Crippen molar-refractivity contribution >= 4 is 16.2 Å². The predicted molar refractivity (Wildman–Crippen MR) is 39.0 cm³/mol. The molecule has 0 aromatic heterocycles. The summed E-state index contributed by atoms with van der Waals surface area (Å²) in [6.45, 7) is 2.08. The van der Waals surface area contributed by atoms with E-state index in [4.69, 9.17) is 3.80 Å². The number of hydrogen-bond donors (Lipinski definition) is 0. The Labute approximate surface area is 63.3 Å². The second kappa shape index (κ2) is 5.68. The summed E-state index contributed by atoms with van der Waals surface area (Å²) in [6.07, 6.45) is 0. The molecule has 0 aliphatic heterocycles.